The predicted molar refractivity (Wildman–Crippen MR) is 116 cm³/mol. The first-order valence-electron chi connectivity index (χ1n) is 11.4. The van der Waals surface area contributed by atoms with Crippen molar-refractivity contribution in [3.8, 4) is 0 Å². The standard InChI is InChI=1S/C24H38FN3O/c1-19(2)28-15-11-22(12-16-28)24(29)26(3)17-20-7-6-13-27(18-20)14-10-21-8-4-5-9-23(21)25/h4-5,8-9,19-20,22H,6-7,10-18H2,1-3H3. The van der Waals surface area contributed by atoms with Crippen molar-refractivity contribution >= 4 is 5.91 Å². The molecule has 1 aromatic rings. The van der Waals surface area contributed by atoms with E-state index in [1.807, 2.05) is 24.1 Å². The highest BCUT2D eigenvalue weighted by Crippen LogP contribution is 2.23. The fourth-order valence-electron chi connectivity index (χ4n) is 4.93. The number of nitrogens with zero attached hydrogens (tertiary/aromatic N) is 3. The Morgan fingerprint density at radius 1 is 1.17 bits per heavy atom. The first kappa shape index (κ1) is 22.2. The molecule has 2 fully saturated rings. The van der Waals surface area contributed by atoms with Crippen molar-refractivity contribution in [2.45, 2.75) is 52.0 Å². The number of amides is 1. The number of likely N-dealkylation sites (tertiary alicyclic amines) is 2. The largest absolute Gasteiger partial charge is 0.345 e. The van der Waals surface area contributed by atoms with Gasteiger partial charge in [-0.05, 0) is 83.1 Å². The third-order valence-electron chi connectivity index (χ3n) is 6.78. The average molecular weight is 404 g/mol. The summed E-state index contributed by atoms with van der Waals surface area (Å²) in [6.07, 6.45) is 5.07. The van der Waals surface area contributed by atoms with Gasteiger partial charge in [-0.15, -0.1) is 0 Å². The van der Waals surface area contributed by atoms with Crippen molar-refractivity contribution in [2.24, 2.45) is 11.8 Å². The van der Waals surface area contributed by atoms with E-state index in [0.29, 0.717) is 17.9 Å². The van der Waals surface area contributed by atoms with Crippen LogP contribution in [0.5, 0.6) is 0 Å². The molecule has 0 radical (unpaired) electrons. The number of hydrogen-bond donors (Lipinski definition) is 0. The van der Waals surface area contributed by atoms with Gasteiger partial charge in [0, 0.05) is 38.6 Å². The molecule has 5 heteroatoms. The van der Waals surface area contributed by atoms with Gasteiger partial charge in [-0.3, -0.25) is 4.79 Å². The van der Waals surface area contributed by atoms with Crippen LogP contribution >= 0.6 is 0 Å². The SMILES string of the molecule is CC(C)N1CCC(C(=O)N(C)CC2CCCN(CCc3ccccc3F)C2)CC1. The molecule has 3 rings (SSSR count). The maximum Gasteiger partial charge on any atom is 0.225 e. The molecule has 2 aliphatic rings. The van der Waals surface area contributed by atoms with Crippen LogP contribution in [0.4, 0.5) is 4.39 Å². The van der Waals surface area contributed by atoms with E-state index in [1.54, 1.807) is 12.1 Å². The maximum atomic E-state index is 13.9. The Labute approximate surface area is 176 Å². The van der Waals surface area contributed by atoms with E-state index in [2.05, 4.69) is 23.6 Å². The molecule has 2 heterocycles. The van der Waals surface area contributed by atoms with Crippen LogP contribution in [0.25, 0.3) is 0 Å². The monoisotopic (exact) mass is 403 g/mol. The van der Waals surface area contributed by atoms with E-state index in [-0.39, 0.29) is 11.7 Å². The third-order valence-corrected chi connectivity index (χ3v) is 6.78. The number of halogens is 1. The first-order valence-corrected chi connectivity index (χ1v) is 11.4. The van der Waals surface area contributed by atoms with Crippen molar-refractivity contribution in [1.29, 1.82) is 0 Å². The minimum absolute atomic E-state index is 0.102. The Hall–Kier alpha value is -1.46. The summed E-state index contributed by atoms with van der Waals surface area (Å²) in [6.45, 7) is 10.4. The van der Waals surface area contributed by atoms with Crippen LogP contribution in [-0.4, -0.2) is 73.0 Å². The molecule has 2 aliphatic heterocycles. The lowest BCUT2D eigenvalue weighted by Crippen LogP contribution is -2.46. The molecule has 0 spiro atoms. The smallest absolute Gasteiger partial charge is 0.225 e. The maximum absolute atomic E-state index is 13.9. The molecule has 0 bridgehead atoms. The lowest BCUT2D eigenvalue weighted by atomic mass is 9.93. The van der Waals surface area contributed by atoms with Crippen molar-refractivity contribution in [1.82, 2.24) is 14.7 Å². The number of benzene rings is 1. The summed E-state index contributed by atoms with van der Waals surface area (Å²) in [7, 11) is 1.98. The zero-order valence-corrected chi connectivity index (χ0v) is 18.4. The Morgan fingerprint density at radius 3 is 2.59 bits per heavy atom. The highest BCUT2D eigenvalue weighted by Gasteiger charge is 2.29. The molecule has 2 saturated heterocycles. The third kappa shape index (κ3) is 6.26. The molecule has 1 aromatic carbocycles. The normalized spacial score (nSPS) is 22.2. The molecule has 162 valence electrons. The zero-order valence-electron chi connectivity index (χ0n) is 18.4. The fraction of sp³-hybridized carbons (Fsp3) is 0.708. The number of carbonyl (C=O) groups excluding carboxylic acids is 1. The molecule has 1 unspecified atom stereocenters. The van der Waals surface area contributed by atoms with Crippen LogP contribution in [-0.2, 0) is 11.2 Å². The Balaban J connectivity index is 1.43. The van der Waals surface area contributed by atoms with E-state index in [0.717, 1.165) is 70.5 Å². The first-order chi connectivity index (χ1) is 13.9. The minimum atomic E-state index is -0.102. The molecule has 1 amide bonds. The van der Waals surface area contributed by atoms with E-state index in [4.69, 9.17) is 0 Å². The molecular weight excluding hydrogens is 365 g/mol. The summed E-state index contributed by atoms with van der Waals surface area (Å²) in [4.78, 5) is 19.8. The van der Waals surface area contributed by atoms with Gasteiger partial charge in [-0.1, -0.05) is 18.2 Å². The van der Waals surface area contributed by atoms with Crippen LogP contribution in [0.3, 0.4) is 0 Å². The van der Waals surface area contributed by atoms with Gasteiger partial charge in [-0.25, -0.2) is 4.39 Å². The second kappa shape index (κ2) is 10.5. The van der Waals surface area contributed by atoms with Crippen LogP contribution in [0.1, 0.15) is 45.1 Å². The second-order valence-electron chi connectivity index (χ2n) is 9.27. The van der Waals surface area contributed by atoms with Gasteiger partial charge < -0.3 is 14.7 Å². The highest BCUT2D eigenvalue weighted by molar-refractivity contribution is 5.78. The molecule has 0 aliphatic carbocycles. The van der Waals surface area contributed by atoms with Crippen molar-refractivity contribution in [3.63, 3.8) is 0 Å². The van der Waals surface area contributed by atoms with Crippen molar-refractivity contribution in [2.75, 3.05) is 46.3 Å². The number of piperidine rings is 2. The van der Waals surface area contributed by atoms with Gasteiger partial charge in [0.15, 0.2) is 0 Å². The Kier molecular flexibility index (Phi) is 8.07. The van der Waals surface area contributed by atoms with Gasteiger partial charge >= 0.3 is 0 Å². The summed E-state index contributed by atoms with van der Waals surface area (Å²) in [6, 6.07) is 7.65. The van der Waals surface area contributed by atoms with E-state index >= 15 is 0 Å². The predicted octanol–water partition coefficient (Wildman–Crippen LogP) is 3.66. The number of hydrogen-bond acceptors (Lipinski definition) is 3. The summed E-state index contributed by atoms with van der Waals surface area (Å²) in [5.41, 5.74) is 0.801. The number of carbonyl (C=O) groups is 1. The lowest BCUT2D eigenvalue weighted by Gasteiger charge is -2.37. The molecule has 29 heavy (non-hydrogen) atoms. The Bertz CT molecular complexity index is 657. The summed E-state index contributed by atoms with van der Waals surface area (Å²) < 4.78 is 13.9. The summed E-state index contributed by atoms with van der Waals surface area (Å²) >= 11 is 0. The zero-order chi connectivity index (χ0) is 20.8. The van der Waals surface area contributed by atoms with Crippen LogP contribution in [0.15, 0.2) is 24.3 Å². The molecule has 0 N–H and O–H groups in total. The van der Waals surface area contributed by atoms with Crippen LogP contribution in [0, 0.1) is 17.7 Å². The lowest BCUT2D eigenvalue weighted by molar-refractivity contribution is -0.136. The van der Waals surface area contributed by atoms with Crippen molar-refractivity contribution < 1.29 is 9.18 Å². The fourth-order valence-corrected chi connectivity index (χ4v) is 4.93. The van der Waals surface area contributed by atoms with E-state index in [1.165, 1.54) is 6.42 Å². The molecule has 0 saturated carbocycles. The van der Waals surface area contributed by atoms with Crippen LogP contribution < -0.4 is 0 Å². The van der Waals surface area contributed by atoms with Gasteiger partial charge in [0.1, 0.15) is 5.82 Å². The summed E-state index contributed by atoms with van der Waals surface area (Å²) in [5.74, 6) is 0.941. The number of rotatable bonds is 7. The van der Waals surface area contributed by atoms with Crippen LogP contribution in [0.2, 0.25) is 0 Å². The van der Waals surface area contributed by atoms with E-state index in [9.17, 15) is 9.18 Å². The van der Waals surface area contributed by atoms with Gasteiger partial charge in [-0.2, -0.15) is 0 Å². The molecule has 1 atom stereocenters. The molecular formula is C24H38FN3O. The topological polar surface area (TPSA) is 26.8 Å². The molecule has 4 nitrogen and oxygen atoms in total. The van der Waals surface area contributed by atoms with E-state index < -0.39 is 0 Å². The van der Waals surface area contributed by atoms with Gasteiger partial charge in [0.25, 0.3) is 0 Å². The molecule has 0 aromatic heterocycles. The Morgan fingerprint density at radius 2 is 1.90 bits per heavy atom. The van der Waals surface area contributed by atoms with Crippen molar-refractivity contribution in [3.05, 3.63) is 35.6 Å². The second-order valence-corrected chi connectivity index (χ2v) is 9.27. The van der Waals surface area contributed by atoms with Gasteiger partial charge in [0.2, 0.25) is 5.91 Å². The highest BCUT2D eigenvalue weighted by atomic mass is 19.1. The summed E-state index contributed by atoms with van der Waals surface area (Å²) in [5, 5.41) is 0. The van der Waals surface area contributed by atoms with Gasteiger partial charge in [0.05, 0.1) is 0 Å². The quantitative estimate of drug-likeness (QED) is 0.695. The average Bonchev–Trinajstić information content (AvgIpc) is 2.73. The minimum Gasteiger partial charge on any atom is -0.345 e.